The summed E-state index contributed by atoms with van der Waals surface area (Å²) in [5.74, 6) is 0. The van der Waals surface area contributed by atoms with E-state index in [0.29, 0.717) is 12.8 Å². The number of allylic oxidation sites excluding steroid dienone is 1. The van der Waals surface area contributed by atoms with Crippen LogP contribution < -0.4 is 0 Å². The van der Waals surface area contributed by atoms with E-state index < -0.39 is 19.4 Å². The van der Waals surface area contributed by atoms with E-state index in [1.807, 2.05) is 0 Å². The zero-order valence-corrected chi connectivity index (χ0v) is 9.88. The molecule has 1 rings (SSSR count). The molecule has 5 heteroatoms. The Morgan fingerprint density at radius 3 is 2.93 bits per heavy atom. The maximum Gasteiger partial charge on any atom is 0.332 e. The Balaban J connectivity index is 2.69. The first-order chi connectivity index (χ1) is 6.90. The third kappa shape index (κ3) is 3.40. The van der Waals surface area contributed by atoms with Crippen molar-refractivity contribution < 1.29 is 18.4 Å². The molecule has 88 valence electrons. The SMILES string of the molecule is C=CCP(=O)(O)OC1(C)CCCCC1F. The van der Waals surface area contributed by atoms with Gasteiger partial charge < -0.3 is 4.89 Å². The minimum absolute atomic E-state index is 0.130. The molecule has 0 aliphatic heterocycles. The molecule has 1 aliphatic carbocycles. The summed E-state index contributed by atoms with van der Waals surface area (Å²) in [6, 6.07) is 0. The maximum atomic E-state index is 13.6. The van der Waals surface area contributed by atoms with Gasteiger partial charge in [0.05, 0.1) is 6.16 Å². The van der Waals surface area contributed by atoms with Crippen LogP contribution in [-0.4, -0.2) is 22.8 Å². The van der Waals surface area contributed by atoms with Crippen LogP contribution in [0.25, 0.3) is 0 Å². The Morgan fingerprint density at radius 2 is 2.40 bits per heavy atom. The molecule has 3 unspecified atom stereocenters. The van der Waals surface area contributed by atoms with E-state index in [0.717, 1.165) is 12.8 Å². The van der Waals surface area contributed by atoms with E-state index in [9.17, 15) is 13.8 Å². The van der Waals surface area contributed by atoms with Crippen molar-refractivity contribution >= 4 is 7.60 Å². The molecule has 1 saturated carbocycles. The second-order valence-electron chi connectivity index (χ2n) is 4.23. The number of halogens is 1. The fourth-order valence-corrected chi connectivity index (χ4v) is 3.15. The molecule has 15 heavy (non-hydrogen) atoms. The summed E-state index contributed by atoms with van der Waals surface area (Å²) < 4.78 is 30.2. The van der Waals surface area contributed by atoms with Gasteiger partial charge in [0.25, 0.3) is 0 Å². The molecular weight excluding hydrogens is 218 g/mol. The normalized spacial score (nSPS) is 35.8. The Bertz CT molecular complexity index is 282. The molecule has 0 aromatic rings. The molecule has 0 spiro atoms. The molecule has 1 fully saturated rings. The van der Waals surface area contributed by atoms with Crippen molar-refractivity contribution in [3.05, 3.63) is 12.7 Å². The van der Waals surface area contributed by atoms with Gasteiger partial charge in [-0.15, -0.1) is 6.58 Å². The molecule has 1 aliphatic rings. The average Bonchev–Trinajstić information content (AvgIpc) is 2.09. The predicted molar refractivity (Wildman–Crippen MR) is 57.7 cm³/mol. The second kappa shape index (κ2) is 4.77. The van der Waals surface area contributed by atoms with E-state index in [1.165, 1.54) is 6.08 Å². The highest BCUT2D eigenvalue weighted by Gasteiger charge is 2.42. The first-order valence-corrected chi connectivity index (χ1v) is 6.93. The fourth-order valence-electron chi connectivity index (χ4n) is 1.89. The molecule has 0 bridgehead atoms. The van der Waals surface area contributed by atoms with Gasteiger partial charge in [-0.05, 0) is 19.8 Å². The Kier molecular flexibility index (Phi) is 4.10. The van der Waals surface area contributed by atoms with Crippen LogP contribution >= 0.6 is 7.60 Å². The molecule has 0 heterocycles. The molecule has 1 N–H and O–H groups in total. The van der Waals surface area contributed by atoms with Crippen molar-refractivity contribution in [1.82, 2.24) is 0 Å². The molecule has 0 amide bonds. The van der Waals surface area contributed by atoms with Crippen LogP contribution in [0.3, 0.4) is 0 Å². The maximum absolute atomic E-state index is 13.6. The van der Waals surface area contributed by atoms with Crippen LogP contribution in [0.5, 0.6) is 0 Å². The molecule has 0 radical (unpaired) electrons. The van der Waals surface area contributed by atoms with Gasteiger partial charge in [0.2, 0.25) is 0 Å². The fraction of sp³-hybridized carbons (Fsp3) is 0.800. The quantitative estimate of drug-likeness (QED) is 0.602. The number of rotatable bonds is 4. The molecule has 0 aromatic heterocycles. The van der Waals surface area contributed by atoms with Crippen molar-refractivity contribution in [2.24, 2.45) is 0 Å². The first-order valence-electron chi connectivity index (χ1n) is 5.17. The van der Waals surface area contributed by atoms with Gasteiger partial charge in [-0.2, -0.15) is 0 Å². The van der Waals surface area contributed by atoms with Crippen molar-refractivity contribution in [3.8, 4) is 0 Å². The Hall–Kier alpha value is -0.180. The van der Waals surface area contributed by atoms with Gasteiger partial charge in [0.1, 0.15) is 11.8 Å². The Labute approximate surface area is 89.9 Å². The van der Waals surface area contributed by atoms with Crippen molar-refractivity contribution in [2.45, 2.75) is 44.4 Å². The molecule has 3 atom stereocenters. The minimum atomic E-state index is -3.72. The van der Waals surface area contributed by atoms with Crippen LogP contribution in [0.15, 0.2) is 12.7 Å². The van der Waals surface area contributed by atoms with Crippen LogP contribution in [0.2, 0.25) is 0 Å². The highest BCUT2D eigenvalue weighted by molar-refractivity contribution is 7.53. The van der Waals surface area contributed by atoms with E-state index >= 15 is 0 Å². The van der Waals surface area contributed by atoms with Gasteiger partial charge in [0.15, 0.2) is 0 Å². The summed E-state index contributed by atoms with van der Waals surface area (Å²) >= 11 is 0. The average molecular weight is 236 g/mol. The third-order valence-corrected chi connectivity index (χ3v) is 4.18. The predicted octanol–water partition coefficient (Wildman–Crippen LogP) is 3.05. The van der Waals surface area contributed by atoms with E-state index in [1.54, 1.807) is 6.92 Å². The first kappa shape index (κ1) is 12.9. The smallest absolute Gasteiger partial charge is 0.324 e. The van der Waals surface area contributed by atoms with Crippen LogP contribution in [0.1, 0.15) is 32.6 Å². The van der Waals surface area contributed by atoms with Gasteiger partial charge in [-0.1, -0.05) is 18.9 Å². The van der Waals surface area contributed by atoms with Crippen molar-refractivity contribution in [2.75, 3.05) is 6.16 Å². The van der Waals surface area contributed by atoms with E-state index in [2.05, 4.69) is 6.58 Å². The molecule has 0 saturated heterocycles. The molecule has 0 aromatic carbocycles. The summed E-state index contributed by atoms with van der Waals surface area (Å²) in [6.07, 6.45) is 2.59. The van der Waals surface area contributed by atoms with E-state index in [4.69, 9.17) is 4.52 Å². The van der Waals surface area contributed by atoms with E-state index in [-0.39, 0.29) is 6.16 Å². The highest BCUT2D eigenvalue weighted by atomic mass is 31.2. The van der Waals surface area contributed by atoms with Crippen LogP contribution in [0.4, 0.5) is 4.39 Å². The third-order valence-electron chi connectivity index (χ3n) is 2.75. The highest BCUT2D eigenvalue weighted by Crippen LogP contribution is 2.50. The zero-order chi connectivity index (χ0) is 11.5. The monoisotopic (exact) mass is 236 g/mol. The molecular formula is C10H18FO3P. The summed E-state index contributed by atoms with van der Waals surface area (Å²) in [4.78, 5) is 9.45. The lowest BCUT2D eigenvalue weighted by molar-refractivity contribution is -0.0317. The summed E-state index contributed by atoms with van der Waals surface area (Å²) in [7, 11) is -3.72. The standard InChI is InChI=1S/C10H18FO3P/c1-3-8-15(12,13)14-10(2)7-5-4-6-9(10)11/h3,9H,1,4-8H2,2H3,(H,12,13). The summed E-state index contributed by atoms with van der Waals surface area (Å²) in [6.45, 7) is 4.95. The van der Waals surface area contributed by atoms with Crippen molar-refractivity contribution in [3.63, 3.8) is 0 Å². The Morgan fingerprint density at radius 1 is 1.73 bits per heavy atom. The van der Waals surface area contributed by atoms with Gasteiger partial charge in [-0.3, -0.25) is 9.09 Å². The zero-order valence-electron chi connectivity index (χ0n) is 8.99. The number of hydrogen-bond acceptors (Lipinski definition) is 2. The summed E-state index contributed by atoms with van der Waals surface area (Å²) in [5, 5.41) is 0. The van der Waals surface area contributed by atoms with Gasteiger partial charge >= 0.3 is 7.60 Å². The number of hydrogen-bond donors (Lipinski definition) is 1. The minimum Gasteiger partial charge on any atom is -0.324 e. The van der Waals surface area contributed by atoms with Gasteiger partial charge in [0, 0.05) is 0 Å². The summed E-state index contributed by atoms with van der Waals surface area (Å²) in [5.41, 5.74) is -1.11. The van der Waals surface area contributed by atoms with Crippen LogP contribution in [0, 0.1) is 0 Å². The lowest BCUT2D eigenvalue weighted by atomic mass is 9.85. The lowest BCUT2D eigenvalue weighted by Crippen LogP contribution is -2.41. The van der Waals surface area contributed by atoms with Gasteiger partial charge in [-0.25, -0.2) is 4.39 Å². The largest absolute Gasteiger partial charge is 0.332 e. The van der Waals surface area contributed by atoms with Crippen LogP contribution in [-0.2, 0) is 9.09 Å². The second-order valence-corrected chi connectivity index (χ2v) is 6.05. The molecule has 3 nitrogen and oxygen atoms in total. The number of alkyl halides is 1. The topological polar surface area (TPSA) is 46.5 Å². The lowest BCUT2D eigenvalue weighted by Gasteiger charge is -2.37. The van der Waals surface area contributed by atoms with Crippen molar-refractivity contribution in [1.29, 1.82) is 0 Å².